The number of carbonyl (C=O) groups is 2. The number of benzene rings is 2. The van der Waals surface area contributed by atoms with Gasteiger partial charge >= 0.3 is 0 Å². The number of aromatic nitrogens is 1. The first-order chi connectivity index (χ1) is 17.5. The number of nitrogens with one attached hydrogen (secondary N) is 1. The van der Waals surface area contributed by atoms with Gasteiger partial charge in [-0.3, -0.25) is 14.6 Å². The number of hydrogen-bond acceptors (Lipinski definition) is 5. The average molecular weight is 496 g/mol. The molecule has 1 aliphatic heterocycles. The summed E-state index contributed by atoms with van der Waals surface area (Å²) in [6.07, 6.45) is 4.81. The highest BCUT2D eigenvalue weighted by atomic mass is 32.2. The van der Waals surface area contributed by atoms with Crippen LogP contribution in [0.5, 0.6) is 0 Å². The smallest absolute Gasteiger partial charge is 0.235 e. The van der Waals surface area contributed by atoms with Crippen LogP contribution in [-0.4, -0.2) is 28.6 Å². The molecular weight excluding hydrogens is 466 g/mol. The highest BCUT2D eigenvalue weighted by Crippen LogP contribution is 2.47. The van der Waals surface area contributed by atoms with Gasteiger partial charge in [-0.15, -0.1) is 11.8 Å². The van der Waals surface area contributed by atoms with Crippen LogP contribution in [0.15, 0.2) is 94.1 Å². The zero-order valence-corrected chi connectivity index (χ0v) is 21.5. The Kier molecular flexibility index (Phi) is 6.88. The van der Waals surface area contributed by atoms with Crippen LogP contribution >= 0.6 is 11.8 Å². The van der Waals surface area contributed by atoms with E-state index in [-0.39, 0.29) is 23.5 Å². The molecule has 1 aliphatic carbocycles. The molecule has 1 aromatic heterocycles. The molecule has 2 heterocycles. The Hall–Kier alpha value is -3.51. The summed E-state index contributed by atoms with van der Waals surface area (Å²) in [6.45, 7) is 3.82. The summed E-state index contributed by atoms with van der Waals surface area (Å²) < 4.78 is 0. The lowest BCUT2D eigenvalue weighted by Crippen LogP contribution is -2.40. The molecule has 0 saturated heterocycles. The number of nitrogens with zero attached hydrogens (tertiary/aromatic N) is 2. The number of Topliss-reactive ketones (excluding diaryl/α,β-unsaturated/α-hetero) is 1. The first-order valence-electron chi connectivity index (χ1n) is 12.2. The summed E-state index contributed by atoms with van der Waals surface area (Å²) in [7, 11) is 0. The summed E-state index contributed by atoms with van der Waals surface area (Å²) >= 11 is 1.67. The van der Waals surface area contributed by atoms with Crippen molar-refractivity contribution < 1.29 is 9.59 Å². The van der Waals surface area contributed by atoms with Crippen LogP contribution in [0.2, 0.25) is 0 Å². The van der Waals surface area contributed by atoms with Crippen molar-refractivity contribution in [1.29, 1.82) is 0 Å². The number of anilines is 1. The number of carbonyl (C=O) groups excluding carboxylic acids is 2. The van der Waals surface area contributed by atoms with Crippen LogP contribution in [0.1, 0.15) is 48.3 Å². The summed E-state index contributed by atoms with van der Waals surface area (Å²) in [6, 6.07) is 22.1. The van der Waals surface area contributed by atoms with E-state index in [2.05, 4.69) is 34.6 Å². The van der Waals surface area contributed by atoms with Gasteiger partial charge in [0.25, 0.3) is 0 Å². The molecule has 3 atom stereocenters. The molecule has 5 rings (SSSR count). The van der Waals surface area contributed by atoms with Crippen molar-refractivity contribution in [2.24, 2.45) is 10.9 Å². The topological polar surface area (TPSA) is 71.4 Å². The second-order valence-corrected chi connectivity index (χ2v) is 10.3. The maximum absolute atomic E-state index is 13.7. The summed E-state index contributed by atoms with van der Waals surface area (Å²) in [5, 5.41) is 3.01. The zero-order chi connectivity index (χ0) is 25.2. The fourth-order valence-electron chi connectivity index (χ4n) is 5.34. The van der Waals surface area contributed by atoms with Gasteiger partial charge in [0.05, 0.1) is 5.92 Å². The maximum atomic E-state index is 13.7. The molecule has 0 radical (unpaired) electrons. The molecule has 1 unspecified atom stereocenters. The van der Waals surface area contributed by atoms with Crippen molar-refractivity contribution in [3.05, 3.63) is 101 Å². The molecule has 36 heavy (non-hydrogen) atoms. The van der Waals surface area contributed by atoms with Gasteiger partial charge in [0.2, 0.25) is 5.91 Å². The van der Waals surface area contributed by atoms with E-state index in [1.807, 2.05) is 62.6 Å². The van der Waals surface area contributed by atoms with Crippen molar-refractivity contribution in [3.63, 3.8) is 0 Å². The highest BCUT2D eigenvalue weighted by molar-refractivity contribution is 7.98. The predicted octanol–water partition coefficient (Wildman–Crippen LogP) is 6.33. The first kappa shape index (κ1) is 24.2. The normalized spacial score (nSPS) is 21.6. The number of pyridine rings is 1. The second kappa shape index (κ2) is 10.2. The van der Waals surface area contributed by atoms with Crippen LogP contribution in [0.3, 0.4) is 0 Å². The van der Waals surface area contributed by atoms with E-state index >= 15 is 0 Å². The van der Waals surface area contributed by atoms with Crippen molar-refractivity contribution in [1.82, 2.24) is 4.98 Å². The van der Waals surface area contributed by atoms with Gasteiger partial charge in [-0.1, -0.05) is 48.5 Å². The molecule has 1 amide bonds. The Morgan fingerprint density at radius 1 is 0.944 bits per heavy atom. The Labute approximate surface area is 216 Å². The largest absolute Gasteiger partial charge is 0.310 e. The lowest BCUT2D eigenvalue weighted by Gasteiger charge is -2.37. The van der Waals surface area contributed by atoms with Gasteiger partial charge in [-0.2, -0.15) is 0 Å². The van der Waals surface area contributed by atoms with E-state index in [0.717, 1.165) is 33.0 Å². The molecule has 0 saturated carbocycles. The third-order valence-corrected chi connectivity index (χ3v) is 7.91. The number of aliphatic imine (C=N–C) groups is 1. The quantitative estimate of drug-likeness (QED) is 0.420. The molecule has 0 spiro atoms. The van der Waals surface area contributed by atoms with Gasteiger partial charge in [0.1, 0.15) is 5.82 Å². The molecule has 2 aliphatic rings. The van der Waals surface area contributed by atoms with Crippen molar-refractivity contribution in [2.75, 3.05) is 11.6 Å². The van der Waals surface area contributed by atoms with Gasteiger partial charge in [0.15, 0.2) is 5.78 Å². The maximum Gasteiger partial charge on any atom is 0.235 e. The summed E-state index contributed by atoms with van der Waals surface area (Å²) in [4.78, 5) is 37.8. The number of ketones is 1. The van der Waals surface area contributed by atoms with Crippen molar-refractivity contribution in [2.45, 2.75) is 43.4 Å². The molecule has 3 aromatic rings. The molecule has 182 valence electrons. The molecular formula is C30H29N3O2S. The zero-order valence-electron chi connectivity index (χ0n) is 20.7. The summed E-state index contributed by atoms with van der Waals surface area (Å²) in [5.74, 6) is -0.474. The standard InChI is InChI=1S/C30H29N3O2S/c1-18-8-7-15-31-29(18)33-30(35)26-19(2)32-24-16-22(20-9-5-4-6-10-20)17-25(34)28(24)27(26)21-11-13-23(36-3)14-12-21/h4-15,22,26-27H,16-17H2,1-3H3,(H,31,33,35)/t22-,26?,27+/m1/s1. The highest BCUT2D eigenvalue weighted by Gasteiger charge is 2.44. The number of rotatable bonds is 5. The first-order valence-corrected chi connectivity index (χ1v) is 13.4. The molecule has 0 bridgehead atoms. The number of aryl methyl sites for hydroxylation is 1. The van der Waals surface area contributed by atoms with E-state index in [4.69, 9.17) is 4.99 Å². The van der Waals surface area contributed by atoms with E-state index in [1.54, 1.807) is 18.0 Å². The third-order valence-electron chi connectivity index (χ3n) is 7.17. The number of thioether (sulfide) groups is 1. The average Bonchev–Trinajstić information content (AvgIpc) is 2.89. The second-order valence-electron chi connectivity index (χ2n) is 9.44. The van der Waals surface area contributed by atoms with E-state index < -0.39 is 5.92 Å². The number of amides is 1. The van der Waals surface area contributed by atoms with Gasteiger partial charge in [-0.25, -0.2) is 4.98 Å². The molecule has 5 nitrogen and oxygen atoms in total. The number of hydrogen-bond donors (Lipinski definition) is 1. The van der Waals surface area contributed by atoms with Gasteiger partial charge in [-0.05, 0) is 67.3 Å². The Bertz CT molecular complexity index is 1360. The minimum atomic E-state index is -0.595. The summed E-state index contributed by atoms with van der Waals surface area (Å²) in [5.41, 5.74) is 5.21. The minimum absolute atomic E-state index is 0.0760. The Morgan fingerprint density at radius 3 is 2.39 bits per heavy atom. The lowest BCUT2D eigenvalue weighted by atomic mass is 9.69. The van der Waals surface area contributed by atoms with Crippen LogP contribution in [-0.2, 0) is 9.59 Å². The molecule has 6 heteroatoms. The monoisotopic (exact) mass is 495 g/mol. The van der Waals surface area contributed by atoms with Gasteiger partial charge in [0, 0.05) is 40.4 Å². The van der Waals surface area contributed by atoms with E-state index in [0.29, 0.717) is 24.2 Å². The van der Waals surface area contributed by atoms with Crippen LogP contribution in [0.4, 0.5) is 5.82 Å². The van der Waals surface area contributed by atoms with E-state index in [1.165, 1.54) is 0 Å². The van der Waals surface area contributed by atoms with Crippen molar-refractivity contribution in [3.8, 4) is 0 Å². The molecule has 1 N–H and O–H groups in total. The number of allylic oxidation sites excluding steroid dienone is 2. The van der Waals surface area contributed by atoms with Crippen LogP contribution < -0.4 is 5.32 Å². The van der Waals surface area contributed by atoms with Crippen LogP contribution in [0.25, 0.3) is 0 Å². The predicted molar refractivity (Wildman–Crippen MR) is 146 cm³/mol. The fraction of sp³-hybridized carbons (Fsp3) is 0.267. The fourth-order valence-corrected chi connectivity index (χ4v) is 5.75. The lowest BCUT2D eigenvalue weighted by molar-refractivity contribution is -0.119. The minimum Gasteiger partial charge on any atom is -0.310 e. The van der Waals surface area contributed by atoms with E-state index in [9.17, 15) is 9.59 Å². The van der Waals surface area contributed by atoms with Gasteiger partial charge < -0.3 is 5.32 Å². The van der Waals surface area contributed by atoms with Crippen LogP contribution in [0, 0.1) is 12.8 Å². The molecule has 2 aromatic carbocycles. The SMILES string of the molecule is CSc1ccc([C@@H]2C3=C(C[C@@H](c4ccccc4)CC3=O)N=C(C)C2C(=O)Nc2ncccc2C)cc1. The molecule has 0 fully saturated rings. The Balaban J connectivity index is 1.57. The third kappa shape index (κ3) is 4.65. The van der Waals surface area contributed by atoms with Crippen molar-refractivity contribution >= 4 is 35.0 Å². The Morgan fingerprint density at radius 2 is 1.69 bits per heavy atom.